The van der Waals surface area contributed by atoms with E-state index in [1.54, 1.807) is 0 Å². The fourth-order valence-corrected chi connectivity index (χ4v) is 1.34. The van der Waals surface area contributed by atoms with Crippen LogP contribution in [0.4, 0.5) is 4.39 Å². The van der Waals surface area contributed by atoms with Crippen molar-refractivity contribution >= 4 is 17.9 Å². The van der Waals surface area contributed by atoms with Crippen molar-refractivity contribution in [1.82, 2.24) is 15.0 Å². The van der Waals surface area contributed by atoms with Crippen molar-refractivity contribution in [2.45, 2.75) is 0 Å². The molecular weight excluding hydrogens is 233 g/mol. The molecule has 0 radical (unpaired) electrons. The highest BCUT2D eigenvalue weighted by Crippen LogP contribution is 2.24. The van der Waals surface area contributed by atoms with Crippen molar-refractivity contribution in [3.05, 3.63) is 41.2 Å². The number of nitrogens with zero attached hydrogens (tertiary/aromatic N) is 3. The van der Waals surface area contributed by atoms with Gasteiger partial charge in [-0.1, -0.05) is 11.6 Å². The quantitative estimate of drug-likeness (QED) is 0.751. The van der Waals surface area contributed by atoms with Gasteiger partial charge in [0.1, 0.15) is 11.4 Å². The lowest BCUT2D eigenvalue weighted by Crippen LogP contribution is -1.98. The number of pyridine rings is 1. The predicted octanol–water partition coefficient (Wildman–Crippen LogP) is 2.14. The van der Waals surface area contributed by atoms with E-state index in [9.17, 15) is 9.18 Å². The first-order valence-electron chi connectivity index (χ1n) is 4.31. The van der Waals surface area contributed by atoms with Gasteiger partial charge in [-0.2, -0.15) is 0 Å². The second kappa shape index (κ2) is 4.32. The van der Waals surface area contributed by atoms with Crippen molar-refractivity contribution in [3.8, 4) is 11.4 Å². The molecular formula is C10H5ClFN3O. The Hall–Kier alpha value is -1.88. The summed E-state index contributed by atoms with van der Waals surface area (Å²) in [7, 11) is 0. The van der Waals surface area contributed by atoms with Gasteiger partial charge in [-0.05, 0) is 12.1 Å². The largest absolute Gasteiger partial charge is 0.294 e. The van der Waals surface area contributed by atoms with Crippen LogP contribution in [0.5, 0.6) is 0 Å². The molecule has 0 aromatic carbocycles. The summed E-state index contributed by atoms with van der Waals surface area (Å²) in [5.41, 5.74) is 0.106. The molecule has 0 saturated carbocycles. The standard InChI is InChI=1S/C10H5ClFN3O/c11-6-4-14-8(5-16)15-9(6)10-7(12)2-1-3-13-10/h1-5H. The molecule has 0 N–H and O–H groups in total. The van der Waals surface area contributed by atoms with Gasteiger partial charge in [0, 0.05) is 6.20 Å². The molecule has 2 heterocycles. The molecule has 0 spiro atoms. The molecule has 0 aliphatic heterocycles. The minimum atomic E-state index is -0.556. The summed E-state index contributed by atoms with van der Waals surface area (Å²) < 4.78 is 13.4. The average Bonchev–Trinajstić information content (AvgIpc) is 2.31. The topological polar surface area (TPSA) is 55.7 Å². The molecule has 6 heteroatoms. The lowest BCUT2D eigenvalue weighted by Gasteiger charge is -2.03. The number of carbonyl (C=O) groups is 1. The maximum Gasteiger partial charge on any atom is 0.193 e. The maximum absolute atomic E-state index is 13.4. The summed E-state index contributed by atoms with van der Waals surface area (Å²) in [6.45, 7) is 0. The Balaban J connectivity index is 2.63. The van der Waals surface area contributed by atoms with E-state index in [2.05, 4.69) is 15.0 Å². The van der Waals surface area contributed by atoms with Crippen LogP contribution >= 0.6 is 11.6 Å². The zero-order valence-corrected chi connectivity index (χ0v) is 8.65. The molecule has 0 amide bonds. The minimum Gasteiger partial charge on any atom is -0.294 e. The molecule has 0 aliphatic carbocycles. The summed E-state index contributed by atoms with van der Waals surface area (Å²) in [5.74, 6) is -0.621. The van der Waals surface area contributed by atoms with Gasteiger partial charge < -0.3 is 0 Å². The van der Waals surface area contributed by atoms with Gasteiger partial charge >= 0.3 is 0 Å². The van der Waals surface area contributed by atoms with Gasteiger partial charge in [0.2, 0.25) is 0 Å². The van der Waals surface area contributed by atoms with Crippen LogP contribution in [0.2, 0.25) is 5.02 Å². The molecule has 80 valence electrons. The number of hydrogen-bond donors (Lipinski definition) is 0. The zero-order valence-electron chi connectivity index (χ0n) is 7.89. The first-order valence-corrected chi connectivity index (χ1v) is 4.69. The van der Waals surface area contributed by atoms with E-state index < -0.39 is 5.82 Å². The Labute approximate surface area is 95.1 Å². The number of hydrogen-bond acceptors (Lipinski definition) is 4. The SMILES string of the molecule is O=Cc1ncc(Cl)c(-c2ncccc2F)n1. The van der Waals surface area contributed by atoms with E-state index in [4.69, 9.17) is 11.6 Å². The molecule has 16 heavy (non-hydrogen) atoms. The number of aldehydes is 1. The fourth-order valence-electron chi connectivity index (χ4n) is 1.16. The van der Waals surface area contributed by atoms with Crippen LogP contribution in [0.1, 0.15) is 10.6 Å². The van der Waals surface area contributed by atoms with Gasteiger partial charge in [0.05, 0.1) is 11.2 Å². The monoisotopic (exact) mass is 237 g/mol. The van der Waals surface area contributed by atoms with E-state index in [-0.39, 0.29) is 22.2 Å². The van der Waals surface area contributed by atoms with Crippen molar-refractivity contribution in [3.63, 3.8) is 0 Å². The first kappa shape index (κ1) is 10.6. The van der Waals surface area contributed by atoms with Crippen LogP contribution in [0.3, 0.4) is 0 Å². The summed E-state index contributed by atoms with van der Waals surface area (Å²) in [6.07, 6.45) is 3.11. The Kier molecular flexibility index (Phi) is 2.87. The fraction of sp³-hybridized carbons (Fsp3) is 0. The van der Waals surface area contributed by atoms with Crippen molar-refractivity contribution in [1.29, 1.82) is 0 Å². The van der Waals surface area contributed by atoms with E-state index in [0.29, 0.717) is 6.29 Å². The Morgan fingerprint density at radius 3 is 2.81 bits per heavy atom. The number of carbonyl (C=O) groups excluding carboxylic acids is 1. The van der Waals surface area contributed by atoms with Gasteiger partial charge in [0.15, 0.2) is 17.9 Å². The summed E-state index contributed by atoms with van der Waals surface area (Å²) >= 11 is 5.81. The molecule has 0 unspecified atom stereocenters. The van der Waals surface area contributed by atoms with Crippen LogP contribution in [-0.4, -0.2) is 21.2 Å². The predicted molar refractivity (Wildman–Crippen MR) is 55.6 cm³/mol. The lowest BCUT2D eigenvalue weighted by atomic mass is 10.2. The van der Waals surface area contributed by atoms with Crippen LogP contribution < -0.4 is 0 Å². The van der Waals surface area contributed by atoms with Crippen LogP contribution in [0.25, 0.3) is 11.4 Å². The van der Waals surface area contributed by atoms with Gasteiger partial charge in [0.25, 0.3) is 0 Å². The molecule has 0 fully saturated rings. The van der Waals surface area contributed by atoms with Crippen LogP contribution in [0, 0.1) is 5.82 Å². The molecule has 2 rings (SSSR count). The highest BCUT2D eigenvalue weighted by molar-refractivity contribution is 6.32. The molecule has 2 aromatic heterocycles. The molecule has 0 saturated heterocycles. The molecule has 0 bridgehead atoms. The number of halogens is 2. The minimum absolute atomic E-state index is 0.00185. The third-order valence-electron chi connectivity index (χ3n) is 1.85. The van der Waals surface area contributed by atoms with Crippen molar-refractivity contribution in [2.24, 2.45) is 0 Å². The smallest absolute Gasteiger partial charge is 0.193 e. The van der Waals surface area contributed by atoms with E-state index in [0.717, 1.165) is 0 Å². The summed E-state index contributed by atoms with van der Waals surface area (Å²) in [6, 6.07) is 2.69. The Morgan fingerprint density at radius 1 is 1.31 bits per heavy atom. The van der Waals surface area contributed by atoms with Gasteiger partial charge in [-0.25, -0.2) is 14.4 Å². The Bertz CT molecular complexity index is 547. The average molecular weight is 238 g/mol. The normalized spacial score (nSPS) is 10.1. The molecule has 4 nitrogen and oxygen atoms in total. The molecule has 0 atom stereocenters. The number of aromatic nitrogens is 3. The van der Waals surface area contributed by atoms with Crippen LogP contribution in [-0.2, 0) is 0 Å². The zero-order chi connectivity index (χ0) is 11.5. The van der Waals surface area contributed by atoms with Crippen molar-refractivity contribution in [2.75, 3.05) is 0 Å². The van der Waals surface area contributed by atoms with E-state index >= 15 is 0 Å². The summed E-state index contributed by atoms with van der Waals surface area (Å²) in [5, 5.41) is 0.142. The Morgan fingerprint density at radius 2 is 2.12 bits per heavy atom. The second-order valence-corrected chi connectivity index (χ2v) is 3.28. The summed E-state index contributed by atoms with van der Waals surface area (Å²) in [4.78, 5) is 21.8. The van der Waals surface area contributed by atoms with Gasteiger partial charge in [-0.15, -0.1) is 0 Å². The second-order valence-electron chi connectivity index (χ2n) is 2.88. The van der Waals surface area contributed by atoms with Gasteiger partial charge in [-0.3, -0.25) is 9.78 Å². The highest BCUT2D eigenvalue weighted by Gasteiger charge is 2.12. The first-order chi connectivity index (χ1) is 7.72. The third-order valence-corrected chi connectivity index (χ3v) is 2.13. The third kappa shape index (κ3) is 1.90. The van der Waals surface area contributed by atoms with Crippen molar-refractivity contribution < 1.29 is 9.18 Å². The van der Waals surface area contributed by atoms with E-state index in [1.807, 2.05) is 0 Å². The maximum atomic E-state index is 13.4. The highest BCUT2D eigenvalue weighted by atomic mass is 35.5. The van der Waals surface area contributed by atoms with E-state index in [1.165, 1.54) is 24.5 Å². The number of rotatable bonds is 2. The molecule has 2 aromatic rings. The lowest BCUT2D eigenvalue weighted by molar-refractivity contribution is 0.111. The molecule has 0 aliphatic rings. The van der Waals surface area contributed by atoms with Crippen LogP contribution in [0.15, 0.2) is 24.5 Å².